The SMILES string of the molecule is CCCCCCOc1cc(/C=C/C(=O)NCCCc2ccc(C)c(C)c2)cc(OCCCCCC)c1O. The molecule has 0 fully saturated rings. The Balaban J connectivity index is 1.94. The van der Waals surface area contributed by atoms with Crippen LogP contribution < -0.4 is 14.8 Å². The molecule has 0 bridgehead atoms. The molecule has 2 rings (SSSR count). The maximum absolute atomic E-state index is 12.4. The van der Waals surface area contributed by atoms with E-state index in [-0.39, 0.29) is 11.7 Å². The van der Waals surface area contributed by atoms with Crippen molar-refractivity contribution in [3.8, 4) is 17.2 Å². The van der Waals surface area contributed by atoms with E-state index in [1.54, 1.807) is 18.2 Å². The van der Waals surface area contributed by atoms with E-state index in [2.05, 4.69) is 51.2 Å². The molecule has 0 saturated heterocycles. The zero-order valence-electron chi connectivity index (χ0n) is 23.4. The summed E-state index contributed by atoms with van der Waals surface area (Å²) in [7, 11) is 0. The second kappa shape index (κ2) is 17.5. The van der Waals surface area contributed by atoms with E-state index in [0.29, 0.717) is 31.3 Å². The van der Waals surface area contributed by atoms with Crippen LogP contribution in [0.5, 0.6) is 17.2 Å². The van der Waals surface area contributed by atoms with Gasteiger partial charge in [-0.05, 0) is 80.0 Å². The lowest BCUT2D eigenvalue weighted by molar-refractivity contribution is -0.116. The highest BCUT2D eigenvalue weighted by molar-refractivity contribution is 5.91. The number of benzene rings is 2. The summed E-state index contributed by atoms with van der Waals surface area (Å²) in [6.07, 6.45) is 13.8. The molecule has 0 spiro atoms. The van der Waals surface area contributed by atoms with Crippen molar-refractivity contribution in [2.24, 2.45) is 0 Å². The number of rotatable bonds is 18. The zero-order valence-corrected chi connectivity index (χ0v) is 23.4. The molecule has 0 aromatic heterocycles. The molecule has 1 amide bonds. The van der Waals surface area contributed by atoms with Gasteiger partial charge in [-0.1, -0.05) is 70.6 Å². The summed E-state index contributed by atoms with van der Waals surface area (Å²) in [4.78, 5) is 12.4. The number of phenolic OH excluding ortho intramolecular Hbond substituents is 1. The molecule has 5 nitrogen and oxygen atoms in total. The number of amides is 1. The van der Waals surface area contributed by atoms with Crippen molar-refractivity contribution in [2.75, 3.05) is 19.8 Å². The van der Waals surface area contributed by atoms with Crippen LogP contribution in [-0.4, -0.2) is 30.8 Å². The number of carbonyl (C=O) groups is 1. The third-order valence-electron chi connectivity index (χ3n) is 6.51. The Kier molecular flexibility index (Phi) is 14.3. The van der Waals surface area contributed by atoms with Gasteiger partial charge >= 0.3 is 0 Å². The fourth-order valence-electron chi connectivity index (χ4n) is 4.03. The van der Waals surface area contributed by atoms with E-state index >= 15 is 0 Å². The average molecular weight is 510 g/mol. The van der Waals surface area contributed by atoms with E-state index in [9.17, 15) is 9.90 Å². The average Bonchev–Trinajstić information content (AvgIpc) is 2.89. The summed E-state index contributed by atoms with van der Waals surface area (Å²) in [6, 6.07) is 10.1. The predicted octanol–water partition coefficient (Wildman–Crippen LogP) is 7.69. The standard InChI is InChI=1S/C32H47NO4/c1-5-7-9-11-20-36-29-23-28(24-30(32(29)35)37-21-12-10-8-6-2)17-18-31(34)33-19-13-14-27-16-15-25(3)26(4)22-27/h15-18,22-24,35H,5-14,19-21H2,1-4H3,(H,33,34)/b18-17+. The summed E-state index contributed by atoms with van der Waals surface area (Å²) < 4.78 is 11.8. The van der Waals surface area contributed by atoms with Gasteiger partial charge in [0.1, 0.15) is 0 Å². The Labute approximate surface area is 224 Å². The number of aromatic hydroxyl groups is 1. The van der Waals surface area contributed by atoms with Crippen molar-refractivity contribution in [3.05, 3.63) is 58.7 Å². The fraction of sp³-hybridized carbons (Fsp3) is 0.531. The molecule has 0 atom stereocenters. The van der Waals surface area contributed by atoms with E-state index in [0.717, 1.165) is 56.9 Å². The van der Waals surface area contributed by atoms with Crippen molar-refractivity contribution in [1.29, 1.82) is 0 Å². The van der Waals surface area contributed by atoms with E-state index in [4.69, 9.17) is 9.47 Å². The predicted molar refractivity (Wildman–Crippen MR) is 154 cm³/mol. The monoisotopic (exact) mass is 509 g/mol. The molecule has 0 radical (unpaired) electrons. The first-order valence-corrected chi connectivity index (χ1v) is 14.1. The number of unbranched alkanes of at least 4 members (excludes halogenated alkanes) is 6. The third kappa shape index (κ3) is 11.8. The maximum Gasteiger partial charge on any atom is 0.243 e. The Morgan fingerprint density at radius 3 is 2.03 bits per heavy atom. The fourth-order valence-corrected chi connectivity index (χ4v) is 4.03. The second-order valence-electron chi connectivity index (χ2n) is 9.83. The topological polar surface area (TPSA) is 67.8 Å². The molecule has 0 saturated carbocycles. The summed E-state index contributed by atoms with van der Waals surface area (Å²) in [5, 5.41) is 13.7. The Morgan fingerprint density at radius 2 is 1.46 bits per heavy atom. The molecule has 2 aromatic rings. The van der Waals surface area contributed by atoms with Crippen LogP contribution in [0.2, 0.25) is 0 Å². The van der Waals surface area contributed by atoms with Gasteiger partial charge < -0.3 is 19.9 Å². The molecule has 0 heterocycles. The van der Waals surface area contributed by atoms with Crippen LogP contribution in [0, 0.1) is 13.8 Å². The minimum absolute atomic E-state index is 0.0268. The van der Waals surface area contributed by atoms with Gasteiger partial charge in [0.05, 0.1) is 13.2 Å². The van der Waals surface area contributed by atoms with Gasteiger partial charge in [0.15, 0.2) is 11.5 Å². The smallest absolute Gasteiger partial charge is 0.243 e. The number of aryl methyl sites for hydroxylation is 3. The van der Waals surface area contributed by atoms with Crippen LogP contribution in [0.25, 0.3) is 6.08 Å². The lowest BCUT2D eigenvalue weighted by atomic mass is 10.0. The molecule has 204 valence electrons. The quantitative estimate of drug-likeness (QED) is 0.160. The van der Waals surface area contributed by atoms with Crippen molar-refractivity contribution in [1.82, 2.24) is 5.32 Å². The van der Waals surface area contributed by atoms with Gasteiger partial charge in [0.25, 0.3) is 0 Å². The molecule has 0 aliphatic rings. The molecule has 2 N–H and O–H groups in total. The Morgan fingerprint density at radius 1 is 0.838 bits per heavy atom. The minimum atomic E-state index is -0.141. The van der Waals surface area contributed by atoms with Crippen molar-refractivity contribution in [2.45, 2.75) is 91.9 Å². The molecule has 0 unspecified atom stereocenters. The molecule has 0 aliphatic carbocycles. The Hall–Kier alpha value is -2.95. The van der Waals surface area contributed by atoms with Crippen LogP contribution >= 0.6 is 0 Å². The van der Waals surface area contributed by atoms with Crippen molar-refractivity contribution >= 4 is 12.0 Å². The van der Waals surface area contributed by atoms with Gasteiger partial charge in [0.2, 0.25) is 11.7 Å². The first-order valence-electron chi connectivity index (χ1n) is 14.1. The lowest BCUT2D eigenvalue weighted by Crippen LogP contribution is -2.22. The van der Waals surface area contributed by atoms with Crippen LogP contribution in [0.15, 0.2) is 36.4 Å². The summed E-state index contributed by atoms with van der Waals surface area (Å²) in [6.45, 7) is 10.3. The maximum atomic E-state index is 12.4. The van der Waals surface area contributed by atoms with Gasteiger partial charge in [-0.2, -0.15) is 0 Å². The van der Waals surface area contributed by atoms with E-state index in [1.807, 2.05) is 0 Å². The summed E-state index contributed by atoms with van der Waals surface area (Å²) in [5.74, 6) is 0.683. The van der Waals surface area contributed by atoms with Crippen molar-refractivity contribution < 1.29 is 19.4 Å². The first-order chi connectivity index (χ1) is 17.9. The zero-order chi connectivity index (χ0) is 26.9. The van der Waals surface area contributed by atoms with Crippen molar-refractivity contribution in [3.63, 3.8) is 0 Å². The van der Waals surface area contributed by atoms with Gasteiger partial charge in [-0.3, -0.25) is 4.79 Å². The summed E-state index contributed by atoms with van der Waals surface area (Å²) in [5.41, 5.74) is 4.65. The van der Waals surface area contributed by atoms with Crippen LogP contribution in [0.4, 0.5) is 0 Å². The number of phenols is 1. The molecule has 5 heteroatoms. The molecular formula is C32H47NO4. The highest BCUT2D eigenvalue weighted by atomic mass is 16.5. The number of nitrogens with one attached hydrogen (secondary N) is 1. The molecule has 2 aromatic carbocycles. The van der Waals surface area contributed by atoms with Crippen LogP contribution in [-0.2, 0) is 11.2 Å². The largest absolute Gasteiger partial charge is 0.502 e. The van der Waals surface area contributed by atoms with Gasteiger partial charge in [-0.15, -0.1) is 0 Å². The molecular weight excluding hydrogens is 462 g/mol. The number of hydrogen-bond donors (Lipinski definition) is 2. The number of carbonyl (C=O) groups excluding carboxylic acids is 1. The van der Waals surface area contributed by atoms with Crippen LogP contribution in [0.3, 0.4) is 0 Å². The highest BCUT2D eigenvalue weighted by Gasteiger charge is 2.12. The van der Waals surface area contributed by atoms with E-state index < -0.39 is 0 Å². The third-order valence-corrected chi connectivity index (χ3v) is 6.51. The van der Waals surface area contributed by atoms with Crippen LogP contribution in [0.1, 0.15) is 93.9 Å². The van der Waals surface area contributed by atoms with Gasteiger partial charge in [-0.25, -0.2) is 0 Å². The number of hydrogen-bond acceptors (Lipinski definition) is 4. The second-order valence-corrected chi connectivity index (χ2v) is 9.83. The van der Waals surface area contributed by atoms with E-state index in [1.165, 1.54) is 35.6 Å². The summed E-state index contributed by atoms with van der Waals surface area (Å²) >= 11 is 0. The molecule has 37 heavy (non-hydrogen) atoms. The lowest BCUT2D eigenvalue weighted by Gasteiger charge is -2.14. The van der Waals surface area contributed by atoms with Gasteiger partial charge in [0, 0.05) is 12.6 Å². The first kappa shape index (κ1) is 30.3. The molecule has 0 aliphatic heterocycles. The Bertz CT molecular complexity index is 948. The minimum Gasteiger partial charge on any atom is -0.502 e. The normalized spacial score (nSPS) is 11.1. The number of ether oxygens (including phenoxy) is 2. The highest BCUT2D eigenvalue weighted by Crippen LogP contribution is 2.38.